The summed E-state index contributed by atoms with van der Waals surface area (Å²) in [5.41, 5.74) is -0.474. The van der Waals surface area contributed by atoms with Gasteiger partial charge in [0.15, 0.2) is 17.3 Å². The summed E-state index contributed by atoms with van der Waals surface area (Å²) in [5, 5.41) is 49.3. The van der Waals surface area contributed by atoms with Crippen LogP contribution < -0.4 is 25.4 Å². The highest BCUT2D eigenvalue weighted by Crippen LogP contribution is 2.44. The molecule has 9 aromatic rings. The van der Waals surface area contributed by atoms with Crippen LogP contribution in [-0.4, -0.2) is 133 Å². The lowest BCUT2D eigenvalue weighted by atomic mass is 9.88. The van der Waals surface area contributed by atoms with Crippen LogP contribution in [-0.2, 0) is 29.6 Å². The van der Waals surface area contributed by atoms with E-state index in [-0.39, 0.29) is 63.8 Å². The third-order valence-corrected chi connectivity index (χ3v) is 23.5. The van der Waals surface area contributed by atoms with Crippen LogP contribution in [0.15, 0.2) is 87.9 Å². The predicted molar refractivity (Wildman–Crippen MR) is 348 cm³/mol. The number of rotatable bonds is 22. The Bertz CT molecular complexity index is 4150. The Morgan fingerprint density at radius 3 is 1.70 bits per heavy atom. The largest absolute Gasteiger partial charge is 0.496 e. The van der Waals surface area contributed by atoms with Gasteiger partial charge in [0, 0.05) is 44.3 Å². The van der Waals surface area contributed by atoms with Crippen LogP contribution in [0.4, 0.5) is 4.39 Å². The minimum Gasteiger partial charge on any atom is -0.496 e. The van der Waals surface area contributed by atoms with E-state index in [9.17, 15) is 29.7 Å². The van der Waals surface area contributed by atoms with Gasteiger partial charge >= 0.3 is 0 Å². The second-order valence-electron chi connectivity index (χ2n) is 22.1. The maximum absolute atomic E-state index is 15.4. The van der Waals surface area contributed by atoms with E-state index >= 15 is 4.39 Å². The topological polar surface area (TPSA) is 244 Å². The summed E-state index contributed by atoms with van der Waals surface area (Å²) in [7, 11) is 1.58. The van der Waals surface area contributed by atoms with Crippen molar-refractivity contribution in [2.45, 2.75) is 97.1 Å². The zero-order chi connectivity index (χ0) is 61.3. The number of benzene rings is 3. The number of carbonyl (C=O) groups is 3. The molecule has 88 heavy (non-hydrogen) atoms. The number of carbonyl (C=O) groups excluding carboxylic acids is 3. The summed E-state index contributed by atoms with van der Waals surface area (Å²) in [4.78, 5) is 75.5. The van der Waals surface area contributed by atoms with Crippen molar-refractivity contribution in [3.63, 3.8) is 0 Å². The molecule has 6 aromatic heterocycles. The lowest BCUT2D eigenvalue weighted by molar-refractivity contribution is 0.00836. The maximum atomic E-state index is 15.4. The lowest BCUT2D eigenvalue weighted by Crippen LogP contribution is -2.39. The van der Waals surface area contributed by atoms with E-state index in [1.165, 1.54) is 69.7 Å². The van der Waals surface area contributed by atoms with Crippen LogP contribution >= 0.6 is 80.9 Å². The van der Waals surface area contributed by atoms with Gasteiger partial charge < -0.3 is 40.7 Å². The van der Waals surface area contributed by atoms with E-state index < -0.39 is 22.6 Å². The zero-order valence-electron chi connectivity index (χ0n) is 48.4. The standard InChI is InChI=1S/C63H63ClFN9O8S6/c1-4-82-37-8-9-42-38(28-37)58(83-31-45(75)49-10-11-52(86-49)61(78)12-18-66-19-13-61)73-53(71-42)26-35-24-50(87-56(35)62(79)14-20-67-21-15-62)46(76)32-84-59-39-29-40(64)41(65)30-44(39)72-54(74-59)27-36-25-51(88-57(36)63(80)16-22-68-23-17-63)47(77)33-85-60-55-43(69-34(2)70-60)6-5-7-48(55)81-3/h5-11,24-25,28-30,66-68,78-80H,4,12-23,26-27,31-33H2,1-3H3. The number of thioether (sulfide) groups is 3. The highest BCUT2D eigenvalue weighted by Gasteiger charge is 2.39. The Morgan fingerprint density at radius 2 is 1.14 bits per heavy atom. The summed E-state index contributed by atoms with van der Waals surface area (Å²) >= 11 is 14.0. The van der Waals surface area contributed by atoms with Gasteiger partial charge in [0.25, 0.3) is 0 Å². The molecule has 0 aliphatic carbocycles. The molecule has 25 heteroatoms. The first-order valence-corrected chi connectivity index (χ1v) is 34.8. The molecule has 0 amide bonds. The van der Waals surface area contributed by atoms with Crippen molar-refractivity contribution in [1.29, 1.82) is 0 Å². The highest BCUT2D eigenvalue weighted by atomic mass is 35.5. The van der Waals surface area contributed by atoms with E-state index in [1.54, 1.807) is 26.2 Å². The molecule has 0 spiro atoms. The molecule has 3 saturated heterocycles. The number of nitrogens with one attached hydrogen (secondary N) is 3. The number of fused-ring (bicyclic) bond motifs is 3. The fraction of sp³-hybridized carbons (Fsp3) is 0.381. The number of ketones is 3. The van der Waals surface area contributed by atoms with Gasteiger partial charge in [-0.05, 0) is 163 Å². The summed E-state index contributed by atoms with van der Waals surface area (Å²) in [6.45, 7) is 7.85. The van der Waals surface area contributed by atoms with Crippen LogP contribution in [0.25, 0.3) is 32.7 Å². The number of hydrogen-bond acceptors (Lipinski definition) is 23. The molecule has 0 atom stereocenters. The number of thiophene rings is 3. The Kier molecular flexibility index (Phi) is 19.0. The molecular weight excluding hydrogens is 1260 g/mol. The first-order chi connectivity index (χ1) is 42.5. The van der Waals surface area contributed by atoms with E-state index in [0.717, 1.165) is 16.6 Å². The number of methoxy groups -OCH3 is 1. The molecule has 12 rings (SSSR count). The number of ether oxygens (including phenoxy) is 2. The third kappa shape index (κ3) is 13.4. The highest BCUT2D eigenvalue weighted by molar-refractivity contribution is 8.00. The van der Waals surface area contributed by atoms with E-state index in [4.69, 9.17) is 41.0 Å². The van der Waals surface area contributed by atoms with E-state index in [0.29, 0.717) is 185 Å². The van der Waals surface area contributed by atoms with Gasteiger partial charge in [-0.1, -0.05) is 53.0 Å². The predicted octanol–water partition coefficient (Wildman–Crippen LogP) is 11.0. The number of aryl methyl sites for hydroxylation is 1. The van der Waals surface area contributed by atoms with E-state index in [1.807, 2.05) is 55.5 Å². The van der Waals surface area contributed by atoms with Crippen molar-refractivity contribution in [3.05, 3.63) is 141 Å². The fourth-order valence-electron chi connectivity index (χ4n) is 11.5. The average molecular weight is 1320 g/mol. The molecule has 9 heterocycles. The SMILES string of the molecule is CCOc1ccc2nc(Cc3cc(C(=O)CSc4nc(Cc5cc(C(=O)CSc6nc(C)nc7cccc(OC)c67)sc5C5(O)CCNCC5)nc5cc(F)c(Cl)cc45)sc3C3(O)CCNCC3)nc(SCC(=O)c3ccc(C4(O)CCNCC4)s3)c2c1. The molecule has 0 radical (unpaired) electrons. The molecule has 458 valence electrons. The van der Waals surface area contributed by atoms with Crippen molar-refractivity contribution in [2.75, 3.05) is 70.2 Å². The van der Waals surface area contributed by atoms with Crippen molar-refractivity contribution in [1.82, 2.24) is 45.9 Å². The number of nitrogens with zero attached hydrogens (tertiary/aromatic N) is 6. The zero-order valence-corrected chi connectivity index (χ0v) is 54.1. The van der Waals surface area contributed by atoms with Crippen molar-refractivity contribution >= 4 is 131 Å². The van der Waals surface area contributed by atoms with Gasteiger partial charge in [0.05, 0.1) is 72.6 Å². The lowest BCUT2D eigenvalue weighted by Gasteiger charge is -2.32. The fourth-order valence-corrected chi connectivity index (χ4v) is 18.4. The Morgan fingerprint density at radius 1 is 0.602 bits per heavy atom. The summed E-state index contributed by atoms with van der Waals surface area (Å²) < 4.78 is 26.9. The number of Topliss-reactive ketones (excluding diaryl/α,β-unsaturated/α-hetero) is 3. The monoisotopic (exact) mass is 1320 g/mol. The minimum absolute atomic E-state index is 0.0503. The Balaban J connectivity index is 0.822. The van der Waals surface area contributed by atoms with Crippen molar-refractivity contribution < 1.29 is 43.6 Å². The average Bonchev–Trinajstić information content (AvgIpc) is 2.82. The van der Waals surface area contributed by atoms with Crippen molar-refractivity contribution in [2.24, 2.45) is 0 Å². The van der Waals surface area contributed by atoms with Crippen molar-refractivity contribution in [3.8, 4) is 11.5 Å². The van der Waals surface area contributed by atoms with Crippen LogP contribution in [0.2, 0.25) is 5.02 Å². The van der Waals surface area contributed by atoms with Gasteiger partial charge in [-0.25, -0.2) is 34.3 Å². The van der Waals surface area contributed by atoms with Crippen LogP contribution in [0.3, 0.4) is 0 Å². The number of piperidine rings is 3. The van der Waals surface area contributed by atoms with Gasteiger partial charge in [0.1, 0.15) is 66.7 Å². The number of aliphatic hydroxyl groups is 3. The second kappa shape index (κ2) is 26.7. The molecule has 17 nitrogen and oxygen atoms in total. The van der Waals surface area contributed by atoms with Gasteiger partial charge in [-0.2, -0.15) is 0 Å². The molecule has 3 aliphatic rings. The van der Waals surface area contributed by atoms with Gasteiger partial charge in [-0.3, -0.25) is 14.4 Å². The number of halogens is 2. The number of aromatic nitrogens is 6. The third-order valence-electron chi connectivity index (χ3n) is 16.1. The Hall–Kier alpha value is -5.58. The maximum Gasteiger partial charge on any atom is 0.183 e. The molecule has 3 aliphatic heterocycles. The molecule has 0 saturated carbocycles. The smallest absolute Gasteiger partial charge is 0.183 e. The first kappa shape index (κ1) is 62.6. The second-order valence-corrected chi connectivity index (χ2v) is 28.6. The normalized spacial score (nSPS) is 16.5. The molecule has 3 fully saturated rings. The summed E-state index contributed by atoms with van der Waals surface area (Å²) in [5.74, 6) is 1.40. The molecule has 0 bridgehead atoms. The summed E-state index contributed by atoms with van der Waals surface area (Å²) in [6, 6.07) is 21.1. The summed E-state index contributed by atoms with van der Waals surface area (Å²) in [6.07, 6.45) is 3.07. The minimum atomic E-state index is -1.24. The first-order valence-electron chi connectivity index (χ1n) is 29.0. The van der Waals surface area contributed by atoms with E-state index in [2.05, 4.69) is 25.9 Å². The van der Waals surface area contributed by atoms with Gasteiger partial charge in [-0.15, -0.1) is 34.0 Å². The molecule has 3 aromatic carbocycles. The molecular formula is C63H63ClFN9O8S6. The van der Waals surface area contributed by atoms with Crippen LogP contribution in [0, 0.1) is 12.7 Å². The van der Waals surface area contributed by atoms with Crippen LogP contribution in [0.5, 0.6) is 11.5 Å². The molecule has 0 unspecified atom stereocenters. The quantitative estimate of drug-likeness (QED) is 0.0210. The van der Waals surface area contributed by atoms with Gasteiger partial charge in [0.2, 0.25) is 0 Å². The van der Waals surface area contributed by atoms with Crippen LogP contribution in [0.1, 0.15) is 118 Å². The number of hydrogen-bond donors (Lipinski definition) is 6. The molecule has 6 N–H and O–H groups in total. The Labute approximate surface area is 536 Å².